The van der Waals surface area contributed by atoms with Gasteiger partial charge in [-0.1, -0.05) is 29.8 Å². The second-order valence-electron chi connectivity index (χ2n) is 18.1. The van der Waals surface area contributed by atoms with E-state index in [0.717, 1.165) is 0 Å². The zero-order valence-electron chi connectivity index (χ0n) is 37.0. The number of rotatable bonds is 16. The van der Waals surface area contributed by atoms with E-state index < -0.39 is 101 Å². The number of carbonyl (C=O) groups excluding carboxylic acids is 5. The zero-order valence-corrected chi connectivity index (χ0v) is 37.0. The maximum Gasteiger partial charge on any atom is 0.410 e. The van der Waals surface area contributed by atoms with Crippen LogP contribution in [-0.4, -0.2) is 128 Å². The monoisotopic (exact) mass is 870 g/mol. The van der Waals surface area contributed by atoms with Gasteiger partial charge in [0.05, 0.1) is 37.8 Å². The highest BCUT2D eigenvalue weighted by atomic mass is 16.8. The number of hydrogen-bond donors (Lipinski definition) is 8. The Morgan fingerprint density at radius 3 is 1.87 bits per heavy atom. The Labute approximate surface area is 358 Å². The summed E-state index contributed by atoms with van der Waals surface area (Å²) in [5.74, 6) is -3.42. The minimum absolute atomic E-state index is 0.0273. The first kappa shape index (κ1) is 47.6. The minimum atomic E-state index is -2.70. The van der Waals surface area contributed by atoms with Crippen LogP contribution in [0.3, 0.4) is 0 Å². The van der Waals surface area contributed by atoms with Crippen molar-refractivity contribution in [3.8, 4) is 0 Å². The van der Waals surface area contributed by atoms with Crippen molar-refractivity contribution >= 4 is 58.9 Å². The number of fused-ring (bicyclic) bond motifs is 2. The van der Waals surface area contributed by atoms with E-state index in [1.807, 2.05) is 0 Å². The molecular weight excluding hydrogens is 812 g/mol. The van der Waals surface area contributed by atoms with Crippen molar-refractivity contribution in [2.75, 3.05) is 26.6 Å². The summed E-state index contributed by atoms with van der Waals surface area (Å²) in [6.45, 7) is 11.9. The first-order valence-corrected chi connectivity index (χ1v) is 19.9. The summed E-state index contributed by atoms with van der Waals surface area (Å²) in [5, 5.41) is 24.1. The van der Waals surface area contributed by atoms with Crippen molar-refractivity contribution in [2.45, 2.75) is 128 Å². The molecule has 0 saturated carbocycles. The van der Waals surface area contributed by atoms with Crippen LogP contribution in [0, 0.1) is 0 Å². The molecular formula is C39H58BN10O12-. The second kappa shape index (κ2) is 17.0. The van der Waals surface area contributed by atoms with Gasteiger partial charge in [0.2, 0.25) is 29.6 Å². The second-order valence-corrected chi connectivity index (χ2v) is 18.1. The van der Waals surface area contributed by atoms with Crippen LogP contribution in [0.2, 0.25) is 0 Å². The average molecular weight is 871 g/mol. The van der Waals surface area contributed by atoms with E-state index in [4.69, 9.17) is 29.2 Å². The number of imidazole rings is 1. The molecule has 5 rings (SSSR count). The topological polar surface area (TPSA) is 301 Å². The molecule has 6 atom stereocenters. The van der Waals surface area contributed by atoms with E-state index in [1.54, 1.807) is 38.1 Å². The Morgan fingerprint density at radius 2 is 1.34 bits per heavy atom. The summed E-state index contributed by atoms with van der Waals surface area (Å²) in [6.07, 6.45) is -2.14. The number of nitrogens with two attached hydrogens (primary N) is 1. The number of aliphatic hydroxyl groups is 1. The predicted molar refractivity (Wildman–Crippen MR) is 224 cm³/mol. The van der Waals surface area contributed by atoms with Gasteiger partial charge >= 0.3 is 12.7 Å². The predicted octanol–water partition coefficient (Wildman–Crippen LogP) is -1.51. The highest BCUT2D eigenvalue weighted by molar-refractivity contribution is 6.76. The Balaban J connectivity index is 1.26. The quantitative estimate of drug-likeness (QED) is 0.0461. The van der Waals surface area contributed by atoms with Gasteiger partial charge in [-0.05, 0) is 76.3 Å². The highest BCUT2D eigenvalue weighted by Gasteiger charge is 2.56. The number of hydrogen-bond acceptors (Lipinski definition) is 16. The third kappa shape index (κ3) is 9.32. The number of H-pyrrole nitrogens is 1. The van der Waals surface area contributed by atoms with Gasteiger partial charge in [-0.25, -0.2) is 9.78 Å². The normalized spacial score (nSPS) is 22.7. The molecule has 0 radical (unpaired) electrons. The molecule has 2 saturated heterocycles. The molecule has 2 aliphatic rings. The number of benzene rings is 1. The van der Waals surface area contributed by atoms with Crippen LogP contribution in [0.4, 0.5) is 5.95 Å². The molecule has 340 valence electrons. The molecule has 2 aromatic heterocycles. The van der Waals surface area contributed by atoms with Crippen LogP contribution >= 0.6 is 0 Å². The van der Waals surface area contributed by atoms with Crippen molar-refractivity contribution in [2.24, 2.45) is 0 Å². The van der Waals surface area contributed by atoms with Gasteiger partial charge in [-0.15, -0.1) is 5.46 Å². The third-order valence-electron chi connectivity index (χ3n) is 11.0. The molecule has 0 spiro atoms. The van der Waals surface area contributed by atoms with Crippen LogP contribution in [0.5, 0.6) is 0 Å². The lowest BCUT2D eigenvalue weighted by atomic mass is 9.67. The van der Waals surface area contributed by atoms with E-state index in [1.165, 1.54) is 80.5 Å². The first-order chi connectivity index (χ1) is 28.6. The van der Waals surface area contributed by atoms with Crippen molar-refractivity contribution < 1.29 is 52.5 Å². The van der Waals surface area contributed by atoms with E-state index in [-0.39, 0.29) is 23.7 Å². The zero-order chi connectivity index (χ0) is 46.4. The number of carbonyl (C=O) groups is 5. The van der Waals surface area contributed by atoms with Gasteiger partial charge in [-0.2, -0.15) is 4.98 Å². The third-order valence-corrected chi connectivity index (χ3v) is 11.0. The molecule has 2 fully saturated rings. The lowest BCUT2D eigenvalue weighted by Crippen LogP contribution is -2.68. The summed E-state index contributed by atoms with van der Waals surface area (Å²) >= 11 is 0. The lowest BCUT2D eigenvalue weighted by Gasteiger charge is -2.39. The fourth-order valence-corrected chi connectivity index (χ4v) is 7.02. The number of aromatic amines is 1. The van der Waals surface area contributed by atoms with E-state index >= 15 is 0 Å². The van der Waals surface area contributed by atoms with Crippen LogP contribution in [0.15, 0.2) is 35.4 Å². The van der Waals surface area contributed by atoms with Gasteiger partial charge in [0.15, 0.2) is 17.4 Å². The molecule has 0 bridgehead atoms. The highest BCUT2D eigenvalue weighted by Crippen LogP contribution is 2.42. The van der Waals surface area contributed by atoms with Crippen molar-refractivity contribution in [3.63, 3.8) is 0 Å². The summed E-state index contributed by atoms with van der Waals surface area (Å²) in [4.78, 5) is 89.4. The number of esters is 1. The molecule has 4 amide bonds. The average Bonchev–Trinajstić information content (AvgIpc) is 3.88. The molecule has 9 N–H and O–H groups in total. The van der Waals surface area contributed by atoms with Crippen molar-refractivity contribution in [3.05, 3.63) is 46.5 Å². The maximum atomic E-state index is 13.8. The summed E-state index contributed by atoms with van der Waals surface area (Å²) in [7, 11) is 2.61. The van der Waals surface area contributed by atoms with E-state index in [2.05, 4.69) is 41.5 Å². The molecule has 62 heavy (non-hydrogen) atoms. The molecule has 3 aromatic rings. The maximum absolute atomic E-state index is 13.8. The number of methoxy groups -OCH3 is 1. The SMILES string of the molecule is COC(=O)[C@@](C)([13CH3])NC(=O)C(C)(C)NC(=O)C(C)(C)NC(=O)C(C)(C)NC(=O)C(C)(C)NCc1ccccc1[B@-]1(OC)O[C@@H]2[C@H](O1)[C@@H](CO)O[C@H]2n1cnc2c(=O)[nH]c(N)nc21. The fourth-order valence-electron chi connectivity index (χ4n) is 7.02. The molecule has 23 heteroatoms. The van der Waals surface area contributed by atoms with E-state index in [9.17, 15) is 33.9 Å². The van der Waals surface area contributed by atoms with E-state index in [0.29, 0.717) is 11.0 Å². The Kier molecular flexibility index (Phi) is 13.1. The molecule has 4 heterocycles. The summed E-state index contributed by atoms with van der Waals surface area (Å²) in [5.41, 5.74) is -0.672. The number of nitrogens with one attached hydrogen (secondary N) is 6. The molecule has 0 unspecified atom stereocenters. The number of nitrogen functional groups attached to an aromatic ring is 1. The minimum Gasteiger partial charge on any atom is -0.543 e. The van der Waals surface area contributed by atoms with Crippen molar-refractivity contribution in [1.29, 1.82) is 0 Å². The Bertz CT molecular complexity index is 2290. The number of aliphatic hydroxyl groups excluding tert-OH is 1. The van der Waals surface area contributed by atoms with Crippen LogP contribution in [0.25, 0.3) is 11.2 Å². The number of anilines is 1. The van der Waals surface area contributed by atoms with Crippen LogP contribution in [-0.2, 0) is 54.0 Å². The lowest BCUT2D eigenvalue weighted by molar-refractivity contribution is -0.150. The van der Waals surface area contributed by atoms with Crippen LogP contribution < -0.4 is 43.3 Å². The first-order valence-electron chi connectivity index (χ1n) is 19.9. The van der Waals surface area contributed by atoms with Crippen molar-refractivity contribution in [1.82, 2.24) is 46.1 Å². The van der Waals surface area contributed by atoms with Gasteiger partial charge in [0.25, 0.3) is 5.56 Å². The summed E-state index contributed by atoms with van der Waals surface area (Å²) < 4.78 is 31.5. The fraction of sp³-hybridized carbons (Fsp3) is 0.590. The van der Waals surface area contributed by atoms with Gasteiger partial charge in [0.1, 0.15) is 28.3 Å². The largest absolute Gasteiger partial charge is 0.543 e. The number of ether oxygens (including phenoxy) is 2. The summed E-state index contributed by atoms with van der Waals surface area (Å²) in [6, 6.07) is 7.12. The number of amides is 4. The smallest absolute Gasteiger partial charge is 0.410 e. The Morgan fingerprint density at radius 1 is 0.823 bits per heavy atom. The standard InChI is InChI=1S/C39H58BN10O12/c1-35(2,29(53)46-36(3,4)30(54)47-37(5,6)31(55)48-38(7,8)32(56)49-39(9,10)33(57)58-11)43-17-20-15-13-14-16-21(20)40(59-12)61-24-22(18-51)60-28(25(24)62-40)50-19-42-23-26(50)44-34(41)45-27(23)52/h13-16,19,22,24-25,28,43,51H,17-18H2,1-12H3,(H,46,53)(H,47,54)(H,48,55)(H,49,56)(H3,41,44,45,52)/q-1/t22-,24-,25-,28-,40-/m1/s1/i9+1/t22-,24-,25-,28-,39+,40-. The molecule has 2 aliphatic heterocycles. The van der Waals surface area contributed by atoms with Crippen LogP contribution in [0.1, 0.15) is 81.0 Å². The molecule has 1 aromatic carbocycles. The van der Waals surface area contributed by atoms with Gasteiger partial charge < -0.3 is 55.5 Å². The van der Waals surface area contributed by atoms with Gasteiger partial charge in [0, 0.05) is 6.54 Å². The van der Waals surface area contributed by atoms with Gasteiger partial charge in [-0.3, -0.25) is 38.8 Å². The Hall–Kier alpha value is -5.46. The number of aromatic nitrogens is 4. The number of nitrogens with zero attached hydrogens (tertiary/aromatic N) is 3. The molecule has 0 aliphatic carbocycles. The molecule has 22 nitrogen and oxygen atoms in total.